The van der Waals surface area contributed by atoms with Crippen LogP contribution in [-0.2, 0) is 13.6 Å². The first-order chi connectivity index (χ1) is 8.99. The van der Waals surface area contributed by atoms with Crippen molar-refractivity contribution in [3.63, 3.8) is 0 Å². The van der Waals surface area contributed by atoms with Gasteiger partial charge >= 0.3 is 0 Å². The van der Waals surface area contributed by atoms with E-state index in [-0.39, 0.29) is 16.1 Å². The zero-order valence-corrected chi connectivity index (χ0v) is 12.0. The van der Waals surface area contributed by atoms with Gasteiger partial charge in [-0.25, -0.2) is 9.97 Å². The average molecular weight is 299 g/mol. The molecule has 0 atom stereocenters. The minimum Gasteiger partial charge on any atom is -0.337 e. The quantitative estimate of drug-likeness (QED) is 0.818. The lowest BCUT2D eigenvalue weighted by molar-refractivity contribution is 0.0780. The molecule has 2 aromatic heterocycles. The zero-order valence-electron chi connectivity index (χ0n) is 10.5. The summed E-state index contributed by atoms with van der Waals surface area (Å²) in [4.78, 5) is 21.8. The molecule has 0 radical (unpaired) electrons. The maximum atomic E-state index is 12.3. The second-order valence-electron chi connectivity index (χ2n) is 4.10. The first-order valence-electron chi connectivity index (χ1n) is 5.51. The summed E-state index contributed by atoms with van der Waals surface area (Å²) in [6.07, 6.45) is 4.87. The summed E-state index contributed by atoms with van der Waals surface area (Å²) >= 11 is 11.7. The third-order valence-corrected chi connectivity index (χ3v) is 3.21. The number of pyridine rings is 1. The molecular formula is C12H12Cl2N4O. The summed E-state index contributed by atoms with van der Waals surface area (Å²) < 4.78 is 1.85. The van der Waals surface area contributed by atoms with Crippen molar-refractivity contribution in [2.75, 3.05) is 7.05 Å². The van der Waals surface area contributed by atoms with E-state index in [4.69, 9.17) is 23.2 Å². The standard InChI is InChI=1S/C12H12Cl2N4O/c1-17-4-3-15-11(17)7-18(2)12(19)8-5-10(14)16-6-9(8)13/h3-6H,7H2,1-2H3. The molecule has 0 saturated carbocycles. The maximum Gasteiger partial charge on any atom is 0.255 e. The van der Waals surface area contributed by atoms with Gasteiger partial charge < -0.3 is 9.47 Å². The van der Waals surface area contributed by atoms with Gasteiger partial charge in [0.05, 0.1) is 17.1 Å². The van der Waals surface area contributed by atoms with Gasteiger partial charge in [-0.1, -0.05) is 23.2 Å². The van der Waals surface area contributed by atoms with Gasteiger partial charge in [0, 0.05) is 32.7 Å². The van der Waals surface area contributed by atoms with Crippen molar-refractivity contribution < 1.29 is 4.79 Å². The van der Waals surface area contributed by atoms with Gasteiger partial charge in [-0.05, 0) is 6.07 Å². The Labute approximate surface area is 120 Å². The number of aryl methyl sites for hydroxylation is 1. The van der Waals surface area contributed by atoms with E-state index >= 15 is 0 Å². The third-order valence-electron chi connectivity index (χ3n) is 2.70. The number of rotatable bonds is 3. The van der Waals surface area contributed by atoms with Gasteiger partial charge in [-0.2, -0.15) is 0 Å². The summed E-state index contributed by atoms with van der Waals surface area (Å²) in [7, 11) is 3.55. The number of nitrogens with zero attached hydrogens (tertiary/aromatic N) is 4. The monoisotopic (exact) mass is 298 g/mol. The van der Waals surface area contributed by atoms with Crippen LogP contribution < -0.4 is 0 Å². The lowest BCUT2D eigenvalue weighted by Crippen LogP contribution is -2.27. The van der Waals surface area contributed by atoms with E-state index in [1.165, 1.54) is 17.2 Å². The van der Waals surface area contributed by atoms with Crippen molar-refractivity contribution in [3.8, 4) is 0 Å². The van der Waals surface area contributed by atoms with E-state index in [1.54, 1.807) is 13.2 Å². The number of amides is 1. The molecule has 19 heavy (non-hydrogen) atoms. The molecular weight excluding hydrogens is 287 g/mol. The molecule has 1 amide bonds. The second kappa shape index (κ2) is 5.59. The average Bonchev–Trinajstić information content (AvgIpc) is 2.77. The molecule has 0 aromatic carbocycles. The number of halogens is 2. The molecule has 0 spiro atoms. The Hall–Kier alpha value is -1.59. The normalized spacial score (nSPS) is 10.5. The van der Waals surface area contributed by atoms with Crippen LogP contribution in [0.4, 0.5) is 0 Å². The molecule has 0 aliphatic rings. The molecule has 2 aromatic rings. The van der Waals surface area contributed by atoms with Crippen molar-refractivity contribution in [1.29, 1.82) is 0 Å². The third kappa shape index (κ3) is 3.05. The van der Waals surface area contributed by atoms with Gasteiger partial charge in [-0.15, -0.1) is 0 Å². The van der Waals surface area contributed by atoms with Gasteiger partial charge in [0.2, 0.25) is 0 Å². The second-order valence-corrected chi connectivity index (χ2v) is 4.90. The van der Waals surface area contributed by atoms with Crippen LogP contribution in [0.1, 0.15) is 16.2 Å². The topological polar surface area (TPSA) is 51.0 Å². The van der Waals surface area contributed by atoms with Crippen molar-refractivity contribution in [2.45, 2.75) is 6.54 Å². The smallest absolute Gasteiger partial charge is 0.255 e. The number of imidazole rings is 1. The number of aromatic nitrogens is 3. The van der Waals surface area contributed by atoms with Crippen LogP contribution in [0, 0.1) is 0 Å². The molecule has 0 fully saturated rings. The summed E-state index contributed by atoms with van der Waals surface area (Å²) in [5.41, 5.74) is 0.332. The van der Waals surface area contributed by atoms with Crippen LogP contribution >= 0.6 is 23.2 Å². The van der Waals surface area contributed by atoms with Crippen LogP contribution in [0.25, 0.3) is 0 Å². The highest BCUT2D eigenvalue weighted by atomic mass is 35.5. The summed E-state index contributed by atoms with van der Waals surface area (Å²) in [6.45, 7) is 0.388. The van der Waals surface area contributed by atoms with Gasteiger partial charge in [0.1, 0.15) is 11.0 Å². The van der Waals surface area contributed by atoms with Crippen LogP contribution in [0.3, 0.4) is 0 Å². The zero-order chi connectivity index (χ0) is 14.0. The Morgan fingerprint density at radius 2 is 2.16 bits per heavy atom. The number of hydrogen-bond acceptors (Lipinski definition) is 3. The van der Waals surface area contributed by atoms with E-state index in [2.05, 4.69) is 9.97 Å². The van der Waals surface area contributed by atoms with Crippen LogP contribution in [0.2, 0.25) is 10.2 Å². The molecule has 0 N–H and O–H groups in total. The Morgan fingerprint density at radius 3 is 2.79 bits per heavy atom. The Kier molecular flexibility index (Phi) is 4.07. The van der Waals surface area contributed by atoms with Crippen molar-refractivity contribution in [3.05, 3.63) is 46.2 Å². The van der Waals surface area contributed by atoms with E-state index in [0.29, 0.717) is 12.1 Å². The molecule has 2 rings (SSSR count). The van der Waals surface area contributed by atoms with Gasteiger partial charge in [0.25, 0.3) is 5.91 Å². The minimum atomic E-state index is -0.225. The highest BCUT2D eigenvalue weighted by Gasteiger charge is 2.17. The lowest BCUT2D eigenvalue weighted by Gasteiger charge is -2.17. The molecule has 0 unspecified atom stereocenters. The number of carbonyl (C=O) groups is 1. The number of carbonyl (C=O) groups excluding carboxylic acids is 1. The van der Waals surface area contributed by atoms with E-state index in [0.717, 1.165) is 5.82 Å². The maximum absolute atomic E-state index is 12.3. The van der Waals surface area contributed by atoms with Gasteiger partial charge in [0.15, 0.2) is 0 Å². The summed E-state index contributed by atoms with van der Waals surface area (Å²) in [5, 5.41) is 0.513. The Balaban J connectivity index is 2.19. The van der Waals surface area contributed by atoms with Crippen LogP contribution in [0.15, 0.2) is 24.7 Å². The lowest BCUT2D eigenvalue weighted by atomic mass is 10.2. The summed E-state index contributed by atoms with van der Waals surface area (Å²) in [5.74, 6) is 0.560. The Bertz CT molecular complexity index is 612. The predicted molar refractivity (Wildman–Crippen MR) is 73.3 cm³/mol. The SMILES string of the molecule is CN(Cc1nccn1C)C(=O)c1cc(Cl)ncc1Cl. The molecule has 0 bridgehead atoms. The molecule has 0 aliphatic carbocycles. The first-order valence-corrected chi connectivity index (χ1v) is 6.27. The fourth-order valence-electron chi connectivity index (χ4n) is 1.62. The first kappa shape index (κ1) is 13.8. The molecule has 100 valence electrons. The van der Waals surface area contributed by atoms with Crippen molar-refractivity contribution >= 4 is 29.1 Å². The highest BCUT2D eigenvalue weighted by molar-refractivity contribution is 6.35. The molecule has 2 heterocycles. The van der Waals surface area contributed by atoms with Crippen LogP contribution in [-0.4, -0.2) is 32.4 Å². The molecule has 5 nitrogen and oxygen atoms in total. The van der Waals surface area contributed by atoms with Crippen molar-refractivity contribution in [2.24, 2.45) is 7.05 Å². The van der Waals surface area contributed by atoms with E-state index in [1.807, 2.05) is 17.8 Å². The fourth-order valence-corrected chi connectivity index (χ4v) is 1.96. The largest absolute Gasteiger partial charge is 0.337 e. The minimum absolute atomic E-state index is 0.225. The Morgan fingerprint density at radius 1 is 1.42 bits per heavy atom. The van der Waals surface area contributed by atoms with Crippen molar-refractivity contribution in [1.82, 2.24) is 19.4 Å². The fraction of sp³-hybridized carbons (Fsp3) is 0.250. The van der Waals surface area contributed by atoms with E-state index < -0.39 is 0 Å². The highest BCUT2D eigenvalue weighted by Crippen LogP contribution is 2.20. The van der Waals surface area contributed by atoms with E-state index in [9.17, 15) is 4.79 Å². The molecule has 0 aliphatic heterocycles. The van der Waals surface area contributed by atoms with Crippen LogP contribution in [0.5, 0.6) is 0 Å². The predicted octanol–water partition coefficient (Wildman–Crippen LogP) is 2.39. The van der Waals surface area contributed by atoms with Gasteiger partial charge in [-0.3, -0.25) is 4.79 Å². The molecule has 0 saturated heterocycles. The summed E-state index contributed by atoms with van der Waals surface area (Å²) in [6, 6.07) is 1.46. The number of hydrogen-bond donors (Lipinski definition) is 0. The molecule has 7 heteroatoms.